The highest BCUT2D eigenvalue weighted by Crippen LogP contribution is 2.27. The number of nitrogens with one attached hydrogen (secondary N) is 1. The predicted molar refractivity (Wildman–Crippen MR) is 111 cm³/mol. The van der Waals surface area contributed by atoms with E-state index >= 15 is 0 Å². The minimum absolute atomic E-state index is 0.0143. The molecule has 3 heterocycles. The van der Waals surface area contributed by atoms with Crippen LogP contribution in [-0.2, 0) is 11.2 Å². The number of amides is 1. The maximum Gasteiger partial charge on any atom is 0.227 e. The van der Waals surface area contributed by atoms with E-state index in [0.29, 0.717) is 30.2 Å². The van der Waals surface area contributed by atoms with Gasteiger partial charge in [-0.05, 0) is 37.1 Å². The number of carbonyl (C=O) groups excluding carboxylic acids is 1. The smallest absolute Gasteiger partial charge is 0.227 e. The van der Waals surface area contributed by atoms with E-state index in [1.165, 1.54) is 0 Å². The quantitative estimate of drug-likeness (QED) is 0.528. The van der Waals surface area contributed by atoms with Gasteiger partial charge in [0.1, 0.15) is 5.69 Å². The highest BCUT2D eigenvalue weighted by molar-refractivity contribution is 6.32. The average molecular weight is 394 g/mol. The first kappa shape index (κ1) is 18.3. The summed E-state index contributed by atoms with van der Waals surface area (Å²) in [4.78, 5) is 21.9. The molecule has 28 heavy (non-hydrogen) atoms. The lowest BCUT2D eigenvalue weighted by Crippen LogP contribution is -2.30. The molecule has 0 saturated carbocycles. The largest absolute Gasteiger partial charge is 0.361 e. The Morgan fingerprint density at radius 1 is 1.25 bits per heavy atom. The van der Waals surface area contributed by atoms with Gasteiger partial charge in [0, 0.05) is 36.3 Å². The zero-order valence-electron chi connectivity index (χ0n) is 15.5. The Balaban J connectivity index is 1.52. The molecule has 0 atom stereocenters. The maximum absolute atomic E-state index is 12.9. The number of aromatic nitrogens is 4. The fourth-order valence-electron chi connectivity index (χ4n) is 3.34. The summed E-state index contributed by atoms with van der Waals surface area (Å²) in [5, 5.41) is 5.78. The number of rotatable bonds is 6. The molecule has 0 spiro atoms. The third-order valence-electron chi connectivity index (χ3n) is 4.75. The van der Waals surface area contributed by atoms with E-state index in [2.05, 4.69) is 21.1 Å². The molecule has 1 aromatic carbocycles. The average Bonchev–Trinajstić information content (AvgIpc) is 3.32. The number of anilines is 1. The Hall–Kier alpha value is -3.12. The second-order valence-electron chi connectivity index (χ2n) is 6.46. The molecule has 0 aliphatic rings. The van der Waals surface area contributed by atoms with Gasteiger partial charge < -0.3 is 9.88 Å². The molecule has 0 aliphatic heterocycles. The molecule has 7 heteroatoms. The zero-order chi connectivity index (χ0) is 19.5. The van der Waals surface area contributed by atoms with E-state index in [0.717, 1.165) is 22.2 Å². The van der Waals surface area contributed by atoms with Crippen molar-refractivity contribution in [1.82, 2.24) is 19.7 Å². The van der Waals surface area contributed by atoms with Crippen molar-refractivity contribution in [1.29, 1.82) is 0 Å². The summed E-state index contributed by atoms with van der Waals surface area (Å²) in [6.45, 7) is 2.45. The van der Waals surface area contributed by atoms with Crippen LogP contribution in [0.1, 0.15) is 18.9 Å². The van der Waals surface area contributed by atoms with Crippen LogP contribution in [0.15, 0.2) is 61.2 Å². The fourth-order valence-corrected chi connectivity index (χ4v) is 3.57. The van der Waals surface area contributed by atoms with Crippen molar-refractivity contribution in [3.05, 3.63) is 71.9 Å². The van der Waals surface area contributed by atoms with Gasteiger partial charge in [-0.3, -0.25) is 9.78 Å². The highest BCUT2D eigenvalue weighted by Gasteiger charge is 2.20. The number of halogens is 1. The molecule has 4 aromatic rings. The van der Waals surface area contributed by atoms with Crippen LogP contribution in [0.4, 0.5) is 5.69 Å². The van der Waals surface area contributed by atoms with Gasteiger partial charge in [0.15, 0.2) is 5.15 Å². The molecule has 0 bridgehead atoms. The Morgan fingerprint density at radius 2 is 2.11 bits per heavy atom. The molecular weight excluding hydrogens is 374 g/mol. The van der Waals surface area contributed by atoms with Gasteiger partial charge >= 0.3 is 0 Å². The van der Waals surface area contributed by atoms with Crippen LogP contribution < -0.4 is 4.90 Å². The predicted octanol–water partition coefficient (Wildman–Crippen LogP) is 4.39. The van der Waals surface area contributed by atoms with Gasteiger partial charge in [0.25, 0.3) is 0 Å². The Morgan fingerprint density at radius 3 is 2.89 bits per heavy atom. The third-order valence-corrected chi connectivity index (χ3v) is 5.02. The molecule has 4 rings (SSSR count). The number of aromatic amines is 1. The molecule has 1 N–H and O–H groups in total. The molecule has 0 saturated heterocycles. The van der Waals surface area contributed by atoms with Crippen LogP contribution in [0, 0.1) is 0 Å². The van der Waals surface area contributed by atoms with Crippen molar-refractivity contribution in [2.24, 2.45) is 0 Å². The minimum Gasteiger partial charge on any atom is -0.361 e. The number of nitrogens with zero attached hydrogens (tertiary/aromatic N) is 4. The molecular formula is C21H20ClN5O. The molecule has 0 fully saturated rings. The number of H-pyrrole nitrogens is 1. The van der Waals surface area contributed by atoms with Gasteiger partial charge in [-0.2, -0.15) is 5.10 Å². The van der Waals surface area contributed by atoms with Crippen molar-refractivity contribution in [3.8, 4) is 5.69 Å². The lowest BCUT2D eigenvalue weighted by Gasteiger charge is -2.19. The van der Waals surface area contributed by atoms with Crippen LogP contribution in [0.2, 0.25) is 5.15 Å². The highest BCUT2D eigenvalue weighted by atomic mass is 35.5. The summed E-state index contributed by atoms with van der Waals surface area (Å²) in [6, 6.07) is 11.8. The van der Waals surface area contributed by atoms with Crippen molar-refractivity contribution in [3.63, 3.8) is 0 Å². The molecule has 6 nitrogen and oxygen atoms in total. The molecule has 1 amide bonds. The number of hydrogen-bond donors (Lipinski definition) is 1. The van der Waals surface area contributed by atoms with Crippen molar-refractivity contribution < 1.29 is 4.79 Å². The van der Waals surface area contributed by atoms with E-state index in [1.807, 2.05) is 43.5 Å². The van der Waals surface area contributed by atoms with E-state index in [1.54, 1.807) is 28.2 Å². The van der Waals surface area contributed by atoms with Crippen LogP contribution in [0.25, 0.3) is 16.6 Å². The summed E-state index contributed by atoms with van der Waals surface area (Å²) in [5.41, 5.74) is 3.62. The molecule has 0 aliphatic carbocycles. The Kier molecular flexibility index (Phi) is 5.12. The summed E-state index contributed by atoms with van der Waals surface area (Å²) >= 11 is 6.34. The van der Waals surface area contributed by atoms with Crippen molar-refractivity contribution >= 4 is 34.1 Å². The zero-order valence-corrected chi connectivity index (χ0v) is 16.2. The van der Waals surface area contributed by atoms with Gasteiger partial charge in [-0.15, -0.1) is 0 Å². The summed E-state index contributed by atoms with van der Waals surface area (Å²) in [5.74, 6) is 0.0143. The van der Waals surface area contributed by atoms with Gasteiger partial charge in [-0.25, -0.2) is 4.68 Å². The van der Waals surface area contributed by atoms with Crippen LogP contribution in [0.3, 0.4) is 0 Å². The lowest BCUT2D eigenvalue weighted by atomic mass is 10.1. The normalized spacial score (nSPS) is 11.1. The molecule has 142 valence electrons. The Bertz CT molecular complexity index is 1100. The second kappa shape index (κ2) is 7.86. The van der Waals surface area contributed by atoms with Crippen LogP contribution in [0.5, 0.6) is 0 Å². The topological polar surface area (TPSA) is 66.8 Å². The first-order valence-electron chi connectivity index (χ1n) is 9.18. The number of para-hydroxylation sites is 1. The van der Waals surface area contributed by atoms with Gasteiger partial charge in [-0.1, -0.05) is 29.8 Å². The van der Waals surface area contributed by atoms with Crippen LogP contribution in [-0.4, -0.2) is 32.2 Å². The summed E-state index contributed by atoms with van der Waals surface area (Å²) in [7, 11) is 0. The second-order valence-corrected chi connectivity index (χ2v) is 6.82. The summed E-state index contributed by atoms with van der Waals surface area (Å²) in [6.07, 6.45) is 8.19. The minimum atomic E-state index is 0.0143. The van der Waals surface area contributed by atoms with E-state index < -0.39 is 0 Å². The Labute approximate surface area is 167 Å². The number of hydrogen-bond acceptors (Lipinski definition) is 3. The number of benzene rings is 1. The number of pyridine rings is 1. The van der Waals surface area contributed by atoms with Gasteiger partial charge in [0.2, 0.25) is 5.91 Å². The monoisotopic (exact) mass is 393 g/mol. The van der Waals surface area contributed by atoms with E-state index in [4.69, 9.17) is 11.6 Å². The van der Waals surface area contributed by atoms with Gasteiger partial charge in [0.05, 0.1) is 18.1 Å². The summed E-state index contributed by atoms with van der Waals surface area (Å²) < 4.78 is 1.64. The fraction of sp³-hybridized carbons (Fsp3) is 0.190. The standard InChI is InChI=1S/C21H20ClN5O/c1-2-26(19-14-27(25-21(19)22)16-6-5-11-23-13-16)20(28)10-9-15-12-24-18-8-4-3-7-17(15)18/h3-8,11-14,24H,2,9-10H2,1H3. The number of aryl methyl sites for hydroxylation is 1. The maximum atomic E-state index is 12.9. The molecule has 3 aromatic heterocycles. The molecule has 0 unspecified atom stereocenters. The van der Waals surface area contributed by atoms with Crippen LogP contribution >= 0.6 is 11.6 Å². The third kappa shape index (κ3) is 3.51. The first-order chi connectivity index (χ1) is 13.7. The van der Waals surface area contributed by atoms with E-state index in [9.17, 15) is 4.79 Å². The first-order valence-corrected chi connectivity index (χ1v) is 9.56. The number of fused-ring (bicyclic) bond motifs is 1. The van der Waals surface area contributed by atoms with Crippen molar-refractivity contribution in [2.45, 2.75) is 19.8 Å². The van der Waals surface area contributed by atoms with Crippen molar-refractivity contribution in [2.75, 3.05) is 11.4 Å². The van der Waals surface area contributed by atoms with E-state index in [-0.39, 0.29) is 5.91 Å². The SMILES string of the molecule is CCN(C(=O)CCc1c[nH]c2ccccc12)c1cn(-c2cccnc2)nc1Cl. The lowest BCUT2D eigenvalue weighted by molar-refractivity contribution is -0.118. The number of carbonyl (C=O) groups is 1. The molecule has 0 radical (unpaired) electrons.